The standard InChI is InChI=1S/C13H11FINO3/c1-7-5-8(19-12(7)13(17)18)6-16-10-4-2-3-9(14)11(10)15/h2-5,16H,6H2,1H3,(H,17,18). The molecular formula is C13H11FINO3. The topological polar surface area (TPSA) is 62.5 Å². The molecule has 0 saturated carbocycles. The zero-order valence-corrected chi connectivity index (χ0v) is 12.2. The van der Waals surface area contributed by atoms with E-state index in [4.69, 9.17) is 9.52 Å². The molecule has 2 N–H and O–H groups in total. The first-order valence-electron chi connectivity index (χ1n) is 5.49. The van der Waals surface area contributed by atoms with Gasteiger partial charge < -0.3 is 14.8 Å². The molecule has 0 bridgehead atoms. The summed E-state index contributed by atoms with van der Waals surface area (Å²) in [7, 11) is 0. The van der Waals surface area contributed by atoms with Crippen LogP contribution in [0.5, 0.6) is 0 Å². The van der Waals surface area contributed by atoms with Crippen molar-refractivity contribution >= 4 is 34.2 Å². The van der Waals surface area contributed by atoms with Crippen LogP contribution in [0.2, 0.25) is 0 Å². The molecule has 1 aromatic carbocycles. The van der Waals surface area contributed by atoms with E-state index >= 15 is 0 Å². The van der Waals surface area contributed by atoms with Crippen LogP contribution < -0.4 is 5.32 Å². The third-order valence-electron chi connectivity index (χ3n) is 2.57. The van der Waals surface area contributed by atoms with Crippen molar-refractivity contribution in [1.82, 2.24) is 0 Å². The Morgan fingerprint density at radius 2 is 2.26 bits per heavy atom. The Hall–Kier alpha value is -1.57. The number of nitrogens with one attached hydrogen (secondary N) is 1. The number of aromatic carboxylic acids is 1. The molecule has 100 valence electrons. The van der Waals surface area contributed by atoms with Gasteiger partial charge in [-0.3, -0.25) is 0 Å². The van der Waals surface area contributed by atoms with Gasteiger partial charge in [0.25, 0.3) is 0 Å². The molecule has 0 spiro atoms. The first kappa shape index (κ1) is 13.9. The maximum atomic E-state index is 13.3. The molecular weight excluding hydrogens is 364 g/mol. The van der Waals surface area contributed by atoms with Gasteiger partial charge in [-0.2, -0.15) is 0 Å². The predicted molar refractivity (Wildman–Crippen MR) is 76.8 cm³/mol. The molecule has 4 nitrogen and oxygen atoms in total. The molecule has 0 fully saturated rings. The van der Waals surface area contributed by atoms with Crippen LogP contribution in [0.3, 0.4) is 0 Å². The van der Waals surface area contributed by atoms with Crippen LogP contribution in [-0.2, 0) is 6.54 Å². The number of carboxylic acids is 1. The highest BCUT2D eigenvalue weighted by Gasteiger charge is 2.14. The predicted octanol–water partition coefficient (Wildman–Crippen LogP) is 3.64. The van der Waals surface area contributed by atoms with E-state index in [9.17, 15) is 9.18 Å². The maximum Gasteiger partial charge on any atom is 0.372 e. The average Bonchev–Trinajstić information content (AvgIpc) is 2.73. The van der Waals surface area contributed by atoms with Gasteiger partial charge in [-0.25, -0.2) is 9.18 Å². The molecule has 6 heteroatoms. The van der Waals surface area contributed by atoms with Crippen molar-refractivity contribution in [3.05, 3.63) is 50.7 Å². The lowest BCUT2D eigenvalue weighted by Crippen LogP contribution is -2.01. The number of benzene rings is 1. The Balaban J connectivity index is 2.13. The van der Waals surface area contributed by atoms with Gasteiger partial charge in [-0.15, -0.1) is 0 Å². The number of carbonyl (C=O) groups is 1. The fraction of sp³-hybridized carbons (Fsp3) is 0.154. The number of furan rings is 1. The molecule has 0 aliphatic rings. The maximum absolute atomic E-state index is 13.3. The largest absolute Gasteiger partial charge is 0.475 e. The van der Waals surface area contributed by atoms with Crippen molar-refractivity contribution in [3.63, 3.8) is 0 Å². The zero-order chi connectivity index (χ0) is 14.0. The van der Waals surface area contributed by atoms with Crippen molar-refractivity contribution < 1.29 is 18.7 Å². The van der Waals surface area contributed by atoms with Gasteiger partial charge >= 0.3 is 5.97 Å². The number of hydrogen-bond acceptors (Lipinski definition) is 3. The van der Waals surface area contributed by atoms with Crippen molar-refractivity contribution in [2.75, 3.05) is 5.32 Å². The van der Waals surface area contributed by atoms with Gasteiger partial charge in [-0.05, 0) is 47.7 Å². The van der Waals surface area contributed by atoms with Gasteiger partial charge in [0.2, 0.25) is 5.76 Å². The van der Waals surface area contributed by atoms with Crippen LogP contribution in [0.1, 0.15) is 21.9 Å². The number of carboxylic acid groups (broad SMARTS) is 1. The van der Waals surface area contributed by atoms with Crippen LogP contribution >= 0.6 is 22.6 Å². The first-order valence-corrected chi connectivity index (χ1v) is 6.57. The van der Waals surface area contributed by atoms with Gasteiger partial charge in [-0.1, -0.05) is 6.07 Å². The third kappa shape index (κ3) is 3.06. The Labute approximate surface area is 122 Å². The number of halogens is 2. The molecule has 2 aromatic rings. The molecule has 0 atom stereocenters. The first-order chi connectivity index (χ1) is 8.99. The van der Waals surface area contributed by atoms with E-state index in [1.54, 1.807) is 25.1 Å². The van der Waals surface area contributed by atoms with Crippen molar-refractivity contribution in [3.8, 4) is 0 Å². The second kappa shape index (κ2) is 5.60. The number of hydrogen-bond donors (Lipinski definition) is 2. The van der Waals surface area contributed by atoms with Crippen molar-refractivity contribution in [2.24, 2.45) is 0 Å². The van der Waals surface area contributed by atoms with E-state index in [0.717, 1.165) is 0 Å². The molecule has 1 aromatic heterocycles. The lowest BCUT2D eigenvalue weighted by atomic mass is 10.2. The number of aryl methyl sites for hydroxylation is 1. The summed E-state index contributed by atoms with van der Waals surface area (Å²) >= 11 is 1.91. The quantitative estimate of drug-likeness (QED) is 0.802. The minimum Gasteiger partial charge on any atom is -0.475 e. The average molecular weight is 375 g/mol. The Morgan fingerprint density at radius 3 is 2.89 bits per heavy atom. The van der Waals surface area contributed by atoms with E-state index in [1.165, 1.54) is 6.07 Å². The molecule has 0 radical (unpaired) electrons. The Bertz CT molecular complexity index is 624. The molecule has 1 heterocycles. The highest BCUT2D eigenvalue weighted by atomic mass is 127. The highest BCUT2D eigenvalue weighted by molar-refractivity contribution is 14.1. The number of anilines is 1. The van der Waals surface area contributed by atoms with Crippen LogP contribution in [0.25, 0.3) is 0 Å². The molecule has 2 rings (SSSR count). The lowest BCUT2D eigenvalue weighted by Gasteiger charge is -2.07. The summed E-state index contributed by atoms with van der Waals surface area (Å²) in [6, 6.07) is 6.39. The molecule has 0 aliphatic heterocycles. The van der Waals surface area contributed by atoms with Crippen LogP contribution in [0.4, 0.5) is 10.1 Å². The van der Waals surface area contributed by atoms with E-state index in [1.807, 2.05) is 22.6 Å². The Morgan fingerprint density at radius 1 is 1.53 bits per heavy atom. The van der Waals surface area contributed by atoms with Crippen molar-refractivity contribution in [1.29, 1.82) is 0 Å². The fourth-order valence-corrected chi connectivity index (χ4v) is 2.22. The summed E-state index contributed by atoms with van der Waals surface area (Å²) in [5.74, 6) is -0.961. The van der Waals surface area contributed by atoms with E-state index in [2.05, 4.69) is 5.32 Å². The Kier molecular flexibility index (Phi) is 4.08. The monoisotopic (exact) mass is 375 g/mol. The second-order valence-electron chi connectivity index (χ2n) is 3.98. The summed E-state index contributed by atoms with van der Waals surface area (Å²) in [5.41, 5.74) is 1.21. The second-order valence-corrected chi connectivity index (χ2v) is 5.06. The van der Waals surface area contributed by atoms with Gasteiger partial charge in [0.1, 0.15) is 11.6 Å². The third-order valence-corrected chi connectivity index (χ3v) is 3.66. The molecule has 0 unspecified atom stereocenters. The molecule has 19 heavy (non-hydrogen) atoms. The van der Waals surface area contributed by atoms with E-state index in [-0.39, 0.29) is 11.6 Å². The molecule has 0 saturated heterocycles. The highest BCUT2D eigenvalue weighted by Crippen LogP contribution is 2.22. The molecule has 0 amide bonds. The van der Waals surface area contributed by atoms with Gasteiger partial charge in [0.15, 0.2) is 0 Å². The summed E-state index contributed by atoms with van der Waals surface area (Å²) in [4.78, 5) is 10.8. The minimum atomic E-state index is -1.09. The zero-order valence-electron chi connectivity index (χ0n) is 10.0. The summed E-state index contributed by atoms with van der Waals surface area (Å²) < 4.78 is 19.0. The van der Waals surface area contributed by atoms with Crippen LogP contribution in [0, 0.1) is 16.3 Å². The van der Waals surface area contributed by atoms with Gasteiger partial charge in [0.05, 0.1) is 15.8 Å². The normalized spacial score (nSPS) is 10.5. The van der Waals surface area contributed by atoms with Crippen molar-refractivity contribution in [2.45, 2.75) is 13.5 Å². The minimum absolute atomic E-state index is 0.0641. The SMILES string of the molecule is Cc1cc(CNc2cccc(F)c2I)oc1C(=O)O. The summed E-state index contributed by atoms with van der Waals surface area (Å²) in [6.07, 6.45) is 0. The van der Waals surface area contributed by atoms with E-state index < -0.39 is 5.97 Å². The summed E-state index contributed by atoms with van der Waals surface area (Å²) in [5, 5.41) is 11.9. The van der Waals surface area contributed by atoms with Crippen LogP contribution in [-0.4, -0.2) is 11.1 Å². The number of rotatable bonds is 4. The van der Waals surface area contributed by atoms with Gasteiger partial charge in [0, 0.05) is 5.56 Å². The fourth-order valence-electron chi connectivity index (χ4n) is 1.67. The smallest absolute Gasteiger partial charge is 0.372 e. The van der Waals surface area contributed by atoms with E-state index in [0.29, 0.717) is 27.1 Å². The lowest BCUT2D eigenvalue weighted by molar-refractivity contribution is 0.0659. The molecule has 0 aliphatic carbocycles. The summed E-state index contributed by atoms with van der Waals surface area (Å²) in [6.45, 7) is 1.97. The van der Waals surface area contributed by atoms with Crippen LogP contribution in [0.15, 0.2) is 28.7 Å².